The number of thiocarbonyl (C=S) groups is 1. The number of hydrogen-bond donors (Lipinski definition) is 18. The minimum Gasteiger partial charge on any atom is -0.468 e. The van der Waals surface area contributed by atoms with Crippen molar-refractivity contribution in [2.24, 2.45) is 9.98 Å². The van der Waals surface area contributed by atoms with Crippen molar-refractivity contribution in [3.63, 3.8) is 0 Å². The van der Waals surface area contributed by atoms with Crippen LogP contribution in [0.3, 0.4) is 0 Å². The molecule has 4 unspecified atom stereocenters. The first kappa shape index (κ1) is 76.7. The lowest BCUT2D eigenvalue weighted by Gasteiger charge is -2.29. The third-order valence-electron chi connectivity index (χ3n) is 19.9. The molecule has 0 aromatic carbocycles. The fourth-order valence-electron chi connectivity index (χ4n) is 14.3. The molecule has 16 heterocycles. The number of carbonyl (C=O) groups is 1. The largest absolute Gasteiger partial charge is 0.468 e. The molecule has 4 fully saturated rings. The molecule has 16 rings (SSSR count). The summed E-state index contributed by atoms with van der Waals surface area (Å²) in [4.78, 5) is 38.7. The maximum atomic E-state index is 12.1. The van der Waals surface area contributed by atoms with Gasteiger partial charge in [0.1, 0.15) is 131 Å². The smallest absolute Gasteiger partial charge is 0.326 e. The van der Waals surface area contributed by atoms with E-state index in [1.165, 1.54) is 46.6 Å². The third kappa shape index (κ3) is 13.0. The first-order chi connectivity index (χ1) is 50.0. The normalized spacial score (nSPS) is 30.0. The molecule has 0 saturated carbocycles. The van der Waals surface area contributed by atoms with Gasteiger partial charge in [-0.1, -0.05) is 60.6 Å². The number of nitrogens with one attached hydrogen (secondary N) is 6. The molecule has 8 aromatic heterocycles. The molecule has 18 N–H and O–H groups in total. The molecule has 16 atom stereocenters. The molecule has 8 aromatic rings. The molecule has 0 aliphatic carbocycles. The van der Waals surface area contributed by atoms with E-state index in [9.17, 15) is 66.1 Å². The highest BCUT2D eigenvalue weighted by Crippen LogP contribution is 2.51. The number of aromatic nitrogens is 8. The van der Waals surface area contributed by atoms with Crippen molar-refractivity contribution < 1.29 is 89.8 Å². The van der Waals surface area contributed by atoms with Crippen molar-refractivity contribution in [1.82, 2.24) is 38.2 Å². The van der Waals surface area contributed by atoms with Crippen LogP contribution in [0, 0.1) is 46.3 Å². The maximum absolute atomic E-state index is 12.1. The Morgan fingerprint density at radius 2 is 0.774 bits per heavy atom. The number of amidine groups is 2. The third-order valence-corrected chi connectivity index (χ3v) is 21.5. The number of aryl methyl sites for hydroxylation is 4. The summed E-state index contributed by atoms with van der Waals surface area (Å²) in [6.45, 7) is 11.8. The van der Waals surface area contributed by atoms with E-state index in [2.05, 4.69) is 61.8 Å². The summed E-state index contributed by atoms with van der Waals surface area (Å²) in [6, 6.07) is 6.79. The van der Waals surface area contributed by atoms with Gasteiger partial charge in [0.15, 0.2) is 41.0 Å². The lowest BCUT2D eigenvalue weighted by Crippen LogP contribution is -2.44. The molecule has 0 radical (unpaired) electrons. The van der Waals surface area contributed by atoms with Crippen molar-refractivity contribution in [2.45, 2.75) is 152 Å². The van der Waals surface area contributed by atoms with Crippen molar-refractivity contribution in [3.8, 4) is 0 Å². The van der Waals surface area contributed by atoms with Gasteiger partial charge in [0.2, 0.25) is 0 Å². The Hall–Kier alpha value is -7.47. The number of nitrogens with zero attached hydrogens (tertiary/aromatic N) is 10. The van der Waals surface area contributed by atoms with E-state index in [-0.39, 0.29) is 6.02 Å². The van der Waals surface area contributed by atoms with Gasteiger partial charge in [-0.2, -0.15) is 4.99 Å². The predicted octanol–water partition coefficient (Wildman–Crippen LogP) is 5.22. The summed E-state index contributed by atoms with van der Waals surface area (Å²) in [6.07, 6.45) is -3.50. The summed E-state index contributed by atoms with van der Waals surface area (Å²) in [5.41, 5.74) is -3.01. The highest BCUT2D eigenvalue weighted by atomic mass is 32.2. The summed E-state index contributed by atoms with van der Waals surface area (Å²) < 4.78 is 36.4. The molecule has 0 spiro atoms. The van der Waals surface area contributed by atoms with Crippen molar-refractivity contribution >= 4 is 185 Å². The van der Waals surface area contributed by atoms with Crippen LogP contribution < -0.4 is 31.9 Å². The molecule has 34 nitrogen and oxygen atoms in total. The number of aliphatic hydroxyl groups is 12. The van der Waals surface area contributed by atoms with Crippen LogP contribution >= 0.6 is 72.9 Å². The number of anilines is 6. The molecule has 8 aliphatic heterocycles. The van der Waals surface area contributed by atoms with Crippen LogP contribution in [0.4, 0.5) is 51.3 Å². The Bertz CT molecular complexity index is 4990. The minimum absolute atomic E-state index is 0.214. The molecule has 2 amide bonds. The van der Waals surface area contributed by atoms with Crippen LogP contribution in [0.2, 0.25) is 0 Å². The number of aliphatic hydroxyl groups excluding tert-OH is 8. The molecule has 106 heavy (non-hydrogen) atoms. The number of hydrogen-bond acceptors (Lipinski definition) is 32. The summed E-state index contributed by atoms with van der Waals surface area (Å²) in [7, 11) is 1.47. The van der Waals surface area contributed by atoms with E-state index in [1.54, 1.807) is 61.1 Å². The topological polar surface area (TPSA) is 474 Å². The Morgan fingerprint density at radius 3 is 1.12 bits per heavy atom. The van der Waals surface area contributed by atoms with E-state index in [4.69, 9.17) is 84.8 Å². The van der Waals surface area contributed by atoms with Crippen LogP contribution in [-0.4, -0.2) is 233 Å². The number of methoxy groups -OCH3 is 1. The number of aliphatic imine (C=N–C) groups is 2. The quantitative estimate of drug-likeness (QED) is 0.0867. The van der Waals surface area contributed by atoms with Gasteiger partial charge in [0.05, 0.1) is 55.1 Å². The highest BCUT2D eigenvalue weighted by molar-refractivity contribution is 8.13. The standard InChI is InChI=1S/C17H20N4O5S.C17H20N4O4S2.C16H18N4O5S.C16H18N4O4S2/c1-7-4-10(27)18-13-11-8(7)5-21(14(11)20-16(19-13)25-3)15-17(2,24)12(23)9(6-22)26-15;1-7-4-10(26)18-13-11-8(7)5-21(14(11)20-16(19-13)27-3)15-17(2,24)12(23)9(6-22)25-15;1-6-3-9(26)17-12-10-7(6)4-20(13(10)19-15(23)18-12)14-16(2,24)11(22)8(5-21)25-14;1-6-3-9(25)17-12-10-7(6)4-20(13(10)19-15(26)18-12)14-16(2,23)11(22)8(5-21)24-14/h4-5,9,12,15,22-24H,6H2,1-3H3,(H,18,19,20,27);4-5,9,12,15,22-24H,6H2,1-3H3,(H,18,19,20,26);3-4,8,11,14,21-22,24H,5H2,1-2H3,(H2,17,18,19,23,26);3-4,8,11,14,21-23H,5H2,1-2H3,(H2,17,18,19,25,26)/t2*9-,12-,15?,17+;2*8-,11-,14?,16+/m1111/s1. The number of urea groups is 1. The van der Waals surface area contributed by atoms with Crippen molar-refractivity contribution in [2.75, 3.05) is 71.7 Å². The zero-order valence-electron chi connectivity index (χ0n) is 58.1. The van der Waals surface area contributed by atoms with Crippen LogP contribution in [0.15, 0.2) is 59.0 Å². The van der Waals surface area contributed by atoms with Crippen LogP contribution in [0.25, 0.3) is 43.1 Å². The van der Waals surface area contributed by atoms with Gasteiger partial charge in [-0.05, 0) is 120 Å². The Balaban J connectivity index is 0.000000125. The Kier molecular flexibility index (Phi) is 20.6. The minimum atomic E-state index is -1.68. The lowest BCUT2D eigenvalue weighted by atomic mass is 9.96. The van der Waals surface area contributed by atoms with Crippen molar-refractivity contribution in [3.05, 3.63) is 89.9 Å². The molecule has 8 aliphatic rings. The van der Waals surface area contributed by atoms with Crippen LogP contribution in [0.5, 0.6) is 0 Å². The molecule has 564 valence electrons. The van der Waals surface area contributed by atoms with Gasteiger partial charge in [-0.3, -0.25) is 16.0 Å². The lowest BCUT2D eigenvalue weighted by molar-refractivity contribution is -0.0955. The Morgan fingerprint density at radius 1 is 0.462 bits per heavy atom. The first-order valence-electron chi connectivity index (χ1n) is 32.9. The average Bonchev–Trinajstić information content (AvgIpc) is 1.59. The monoisotopic (exact) mass is 1570 g/mol. The summed E-state index contributed by atoms with van der Waals surface area (Å²) in [5.74, 6) is 3.87. The van der Waals surface area contributed by atoms with Gasteiger partial charge < -0.3 is 119 Å². The number of ether oxygens (including phenoxy) is 5. The van der Waals surface area contributed by atoms with Gasteiger partial charge in [-0.15, -0.1) is 0 Å². The second kappa shape index (κ2) is 28.5. The number of rotatable bonds is 8. The maximum Gasteiger partial charge on any atom is 0.326 e. The predicted molar refractivity (Wildman–Crippen MR) is 406 cm³/mol. The van der Waals surface area contributed by atoms with Gasteiger partial charge in [-0.25, -0.2) is 29.7 Å². The number of thioether (sulfide) groups is 1. The number of carbonyl (C=O) groups excluding carboxylic acids is 1. The van der Waals surface area contributed by atoms with Crippen LogP contribution in [-0.2, 0) is 23.7 Å². The zero-order valence-corrected chi connectivity index (χ0v) is 63.0. The van der Waals surface area contributed by atoms with E-state index in [1.807, 2.05) is 40.1 Å². The van der Waals surface area contributed by atoms with E-state index < -0.39 is 129 Å². The zero-order chi connectivity index (χ0) is 76.6. The average molecular weight is 1570 g/mol. The second-order valence-corrected chi connectivity index (χ2v) is 30.2. The van der Waals surface area contributed by atoms with Gasteiger partial charge >= 0.3 is 6.03 Å². The highest BCUT2D eigenvalue weighted by Gasteiger charge is 2.57. The molecule has 0 bridgehead atoms. The Labute approximate surface area is 632 Å². The second-order valence-electron chi connectivity index (χ2n) is 27.3. The van der Waals surface area contributed by atoms with E-state index >= 15 is 0 Å². The van der Waals surface area contributed by atoms with E-state index in [0.29, 0.717) is 86.2 Å². The molecular weight excluding hydrogens is 1500 g/mol. The number of amides is 2. The van der Waals surface area contributed by atoms with Gasteiger partial charge in [0, 0.05) is 46.3 Å². The van der Waals surface area contributed by atoms with E-state index in [0.717, 1.165) is 54.6 Å². The van der Waals surface area contributed by atoms with Crippen molar-refractivity contribution in [1.29, 1.82) is 0 Å². The first-order valence-corrected chi connectivity index (χ1v) is 36.2. The SMILES string of the molecule is COC1=Nc2c3c(nc(=S)cc(C)c3cn2C2O[C@H](CO)[C@@H](O)[C@]2(C)O)N1.CSC1=Nc2c3c(nc(=S)cc(C)c3cn2C2O[C@H](CO)[C@@H](O)[C@]2(C)O)N1.Cc1cc(=S)nc2c3c(n(C4O[C@H](CO)[C@@H](O)[C@]4(C)O)cc13)NC(=O)N2.Cc1cc(=S)nc2c3c(n(C4O[C@H](CO)[C@@H](O)[C@]4(C)O)cc13)NC(=S)N2. The fraction of sp³-hybridized carbons (Fsp3) is 0.455. The molecule has 4 saturated heterocycles. The molecular formula is C66H76N16O18S6. The van der Waals surface area contributed by atoms with Crippen LogP contribution in [0.1, 0.15) is 74.9 Å². The van der Waals surface area contributed by atoms with Gasteiger partial charge in [0.25, 0.3) is 6.02 Å². The molecule has 40 heteroatoms. The summed E-state index contributed by atoms with van der Waals surface area (Å²) in [5, 5.41) is 147. The fourth-order valence-corrected chi connectivity index (χ4v) is 16.0. The summed E-state index contributed by atoms with van der Waals surface area (Å²) >= 11 is 27.7.